The number of carbonyl (C=O) groups excluding carboxylic acids is 1. The van der Waals surface area contributed by atoms with Crippen LogP contribution >= 0.6 is 0 Å². The van der Waals surface area contributed by atoms with E-state index < -0.39 is 5.97 Å². The molecule has 3 atom stereocenters. The van der Waals surface area contributed by atoms with Gasteiger partial charge in [0.2, 0.25) is 0 Å². The highest BCUT2D eigenvalue weighted by Crippen LogP contribution is 2.30. The molecule has 0 radical (unpaired) electrons. The van der Waals surface area contributed by atoms with Gasteiger partial charge in [-0.15, -0.1) is 0 Å². The van der Waals surface area contributed by atoms with Gasteiger partial charge in [-0.25, -0.2) is 14.6 Å². The molecule has 1 saturated carbocycles. The molecule has 21 heavy (non-hydrogen) atoms. The maximum Gasteiger partial charge on any atom is 0.356 e. The highest BCUT2D eigenvalue weighted by Gasteiger charge is 2.30. The molecular weight excluding hydrogens is 272 g/mol. The Hall–Kier alpha value is -2.05. The number of carbonyl (C=O) groups is 2. The average Bonchev–Trinajstić information content (AvgIpc) is 3.01. The van der Waals surface area contributed by atoms with Crippen molar-refractivity contribution in [1.29, 1.82) is 0 Å². The van der Waals surface area contributed by atoms with Crippen LogP contribution in [-0.2, 0) is 6.54 Å². The molecule has 1 heterocycles. The van der Waals surface area contributed by atoms with Gasteiger partial charge in [-0.1, -0.05) is 13.8 Å². The number of nitrogens with one attached hydrogen (secondary N) is 2. The zero-order valence-electron chi connectivity index (χ0n) is 12.4. The third-order valence-electron chi connectivity index (χ3n) is 4.29. The molecule has 1 fully saturated rings. The number of hydrogen-bond donors (Lipinski definition) is 3. The smallest absolute Gasteiger partial charge is 0.356 e. The molecule has 7 nitrogen and oxygen atoms in total. The number of carboxylic acids is 1. The van der Waals surface area contributed by atoms with Crippen molar-refractivity contribution in [3.05, 3.63) is 18.2 Å². The summed E-state index contributed by atoms with van der Waals surface area (Å²) in [7, 11) is 0. The Balaban J connectivity index is 1.70. The Bertz CT molecular complexity index is 514. The van der Waals surface area contributed by atoms with Gasteiger partial charge in [-0.05, 0) is 24.7 Å². The number of carboxylic acid groups (broad SMARTS) is 1. The average molecular weight is 294 g/mol. The predicted octanol–water partition coefficient (Wildman–Crippen LogP) is 1.32. The summed E-state index contributed by atoms with van der Waals surface area (Å²) in [6.07, 6.45) is 5.07. The molecule has 2 amide bonds. The van der Waals surface area contributed by atoms with E-state index in [-0.39, 0.29) is 17.8 Å². The monoisotopic (exact) mass is 294 g/mol. The third-order valence-corrected chi connectivity index (χ3v) is 4.29. The molecule has 1 aliphatic carbocycles. The third kappa shape index (κ3) is 3.96. The number of imidazole rings is 1. The van der Waals surface area contributed by atoms with E-state index in [4.69, 9.17) is 5.11 Å². The zero-order valence-corrected chi connectivity index (χ0v) is 12.4. The molecular formula is C14H22N4O3. The second-order valence-corrected chi connectivity index (χ2v) is 5.72. The minimum absolute atomic E-state index is 0.00761. The largest absolute Gasteiger partial charge is 0.476 e. The first kappa shape index (κ1) is 15.3. The van der Waals surface area contributed by atoms with E-state index >= 15 is 0 Å². The van der Waals surface area contributed by atoms with Gasteiger partial charge in [0.25, 0.3) is 0 Å². The molecule has 2 rings (SSSR count). The van der Waals surface area contributed by atoms with Crippen LogP contribution < -0.4 is 10.6 Å². The number of nitrogens with zero attached hydrogens (tertiary/aromatic N) is 2. The van der Waals surface area contributed by atoms with Crippen molar-refractivity contribution in [3.63, 3.8) is 0 Å². The lowest BCUT2D eigenvalue weighted by atomic mass is 9.98. The Kier molecular flexibility index (Phi) is 4.82. The van der Waals surface area contributed by atoms with Crippen LogP contribution in [0.2, 0.25) is 0 Å². The molecule has 1 aliphatic rings. The lowest BCUT2D eigenvalue weighted by Crippen LogP contribution is -2.44. The normalized spacial score (nSPS) is 24.8. The lowest BCUT2D eigenvalue weighted by molar-refractivity contribution is 0.0691. The molecule has 0 aromatic carbocycles. The minimum atomic E-state index is -1.05. The Morgan fingerprint density at radius 3 is 2.76 bits per heavy atom. The van der Waals surface area contributed by atoms with Crippen LogP contribution in [-0.4, -0.2) is 39.2 Å². The van der Waals surface area contributed by atoms with Gasteiger partial charge in [-0.2, -0.15) is 0 Å². The molecule has 116 valence electrons. The summed E-state index contributed by atoms with van der Waals surface area (Å²) in [5.74, 6) is 0.0991. The first-order valence-electron chi connectivity index (χ1n) is 7.27. The van der Waals surface area contributed by atoms with Crippen LogP contribution in [0.4, 0.5) is 4.79 Å². The summed E-state index contributed by atoms with van der Waals surface area (Å²) in [5, 5.41) is 14.5. The van der Waals surface area contributed by atoms with E-state index in [1.165, 1.54) is 12.5 Å². The standard InChI is InChI=1S/C14H22N4O3/c1-9-3-4-11(10(9)2)17-14(21)15-5-6-18-7-12(13(19)20)16-8-18/h7-11H,3-6H2,1-2H3,(H,19,20)(H2,15,17,21). The molecule has 0 spiro atoms. The fourth-order valence-corrected chi connectivity index (χ4v) is 2.68. The van der Waals surface area contributed by atoms with E-state index in [1.807, 2.05) is 0 Å². The number of rotatable bonds is 5. The molecule has 0 saturated heterocycles. The molecule has 3 N–H and O–H groups in total. The van der Waals surface area contributed by atoms with Crippen LogP contribution in [0.1, 0.15) is 37.2 Å². The van der Waals surface area contributed by atoms with E-state index in [0.29, 0.717) is 24.9 Å². The summed E-state index contributed by atoms with van der Waals surface area (Å²) < 4.78 is 1.64. The van der Waals surface area contributed by atoms with Crippen molar-refractivity contribution in [3.8, 4) is 0 Å². The second kappa shape index (κ2) is 6.60. The summed E-state index contributed by atoms with van der Waals surface area (Å²) in [6, 6.07) is 0.0754. The summed E-state index contributed by atoms with van der Waals surface area (Å²) >= 11 is 0. The van der Waals surface area contributed by atoms with Crippen molar-refractivity contribution >= 4 is 12.0 Å². The highest BCUT2D eigenvalue weighted by molar-refractivity contribution is 5.84. The van der Waals surface area contributed by atoms with Gasteiger partial charge in [0.15, 0.2) is 5.69 Å². The van der Waals surface area contributed by atoms with Gasteiger partial charge in [0.05, 0.1) is 6.33 Å². The first-order valence-corrected chi connectivity index (χ1v) is 7.27. The van der Waals surface area contributed by atoms with Crippen LogP contribution in [0.3, 0.4) is 0 Å². The minimum Gasteiger partial charge on any atom is -0.476 e. The van der Waals surface area contributed by atoms with Gasteiger partial charge in [0, 0.05) is 25.3 Å². The molecule has 1 aromatic heterocycles. The maximum absolute atomic E-state index is 11.8. The number of amides is 2. The Labute approximate surface area is 123 Å². The van der Waals surface area contributed by atoms with E-state index in [1.54, 1.807) is 4.57 Å². The molecule has 3 unspecified atom stereocenters. The zero-order chi connectivity index (χ0) is 15.4. The number of hydrogen-bond acceptors (Lipinski definition) is 3. The number of aromatic carboxylic acids is 1. The quantitative estimate of drug-likeness (QED) is 0.763. The predicted molar refractivity (Wildman–Crippen MR) is 77.1 cm³/mol. The van der Waals surface area contributed by atoms with Crippen molar-refractivity contribution in [2.75, 3.05) is 6.54 Å². The van der Waals surface area contributed by atoms with Crippen LogP contribution in [0.15, 0.2) is 12.5 Å². The maximum atomic E-state index is 11.8. The molecule has 1 aromatic rings. The van der Waals surface area contributed by atoms with Crippen molar-refractivity contribution < 1.29 is 14.7 Å². The van der Waals surface area contributed by atoms with Gasteiger partial charge in [-0.3, -0.25) is 0 Å². The Morgan fingerprint density at radius 1 is 1.43 bits per heavy atom. The van der Waals surface area contributed by atoms with E-state index in [2.05, 4.69) is 29.5 Å². The SMILES string of the molecule is CC1CCC(NC(=O)NCCn2cnc(C(=O)O)c2)C1C. The van der Waals surface area contributed by atoms with Gasteiger partial charge in [0.1, 0.15) is 0 Å². The summed E-state index contributed by atoms with van der Waals surface area (Å²) in [6.45, 7) is 5.30. The molecule has 7 heteroatoms. The summed E-state index contributed by atoms with van der Waals surface area (Å²) in [4.78, 5) is 26.3. The summed E-state index contributed by atoms with van der Waals surface area (Å²) in [5.41, 5.74) is 0.00761. The first-order chi connectivity index (χ1) is 9.97. The number of urea groups is 1. The van der Waals surface area contributed by atoms with Crippen LogP contribution in [0.25, 0.3) is 0 Å². The molecule has 0 bridgehead atoms. The topological polar surface area (TPSA) is 96.3 Å². The van der Waals surface area contributed by atoms with E-state index in [9.17, 15) is 9.59 Å². The Morgan fingerprint density at radius 2 is 2.19 bits per heavy atom. The lowest BCUT2D eigenvalue weighted by Gasteiger charge is -2.19. The number of aromatic nitrogens is 2. The van der Waals surface area contributed by atoms with Gasteiger partial charge < -0.3 is 20.3 Å². The molecule has 0 aliphatic heterocycles. The van der Waals surface area contributed by atoms with E-state index in [0.717, 1.165) is 12.8 Å². The van der Waals surface area contributed by atoms with Crippen molar-refractivity contribution in [2.24, 2.45) is 11.8 Å². The second-order valence-electron chi connectivity index (χ2n) is 5.72. The van der Waals surface area contributed by atoms with Crippen molar-refractivity contribution in [1.82, 2.24) is 20.2 Å². The van der Waals surface area contributed by atoms with Gasteiger partial charge >= 0.3 is 12.0 Å². The fraction of sp³-hybridized carbons (Fsp3) is 0.643. The van der Waals surface area contributed by atoms with Crippen LogP contribution in [0, 0.1) is 11.8 Å². The van der Waals surface area contributed by atoms with Crippen molar-refractivity contribution in [2.45, 2.75) is 39.3 Å². The highest BCUT2D eigenvalue weighted by atomic mass is 16.4. The van der Waals surface area contributed by atoms with Crippen LogP contribution in [0.5, 0.6) is 0 Å². The fourth-order valence-electron chi connectivity index (χ4n) is 2.68.